The molecule has 1 aliphatic rings. The molecule has 0 saturated carbocycles. The number of benzene rings is 1. The number of rotatable bonds is 7. The third-order valence-electron chi connectivity index (χ3n) is 6.13. The summed E-state index contributed by atoms with van der Waals surface area (Å²) in [6, 6.07) is 7.95. The smallest absolute Gasteiger partial charge is 0.343 e. The SMILES string of the molecule is CC(C)(F)c1nc(Nc2nc(Nc3ccc4c(c3)CCNC4(C)C)ncc2C(=O)NCC(F)(F)F)ccc1F. The number of carbonyl (C=O) groups is 1. The van der Waals surface area contributed by atoms with Crippen molar-refractivity contribution >= 4 is 29.2 Å². The normalized spacial score (nSPS) is 14.9. The second kappa shape index (κ2) is 10.4. The summed E-state index contributed by atoms with van der Waals surface area (Å²) < 4.78 is 66.7. The molecule has 0 unspecified atom stereocenters. The lowest BCUT2D eigenvalue weighted by Gasteiger charge is -2.34. The lowest BCUT2D eigenvalue weighted by Crippen LogP contribution is -2.42. The number of nitrogens with zero attached hydrogens (tertiary/aromatic N) is 3. The minimum absolute atomic E-state index is 0.0335. The average Bonchev–Trinajstić information content (AvgIpc) is 2.82. The number of hydrogen-bond acceptors (Lipinski definition) is 7. The topological polar surface area (TPSA) is 104 Å². The molecule has 208 valence electrons. The van der Waals surface area contributed by atoms with E-state index in [2.05, 4.69) is 44.7 Å². The molecule has 3 aromatic rings. The van der Waals surface area contributed by atoms with Crippen molar-refractivity contribution < 1.29 is 26.7 Å². The number of pyridine rings is 1. The summed E-state index contributed by atoms with van der Waals surface area (Å²) in [6.07, 6.45) is -2.77. The van der Waals surface area contributed by atoms with Crippen molar-refractivity contribution in [2.75, 3.05) is 23.7 Å². The van der Waals surface area contributed by atoms with E-state index in [-0.39, 0.29) is 28.7 Å². The summed E-state index contributed by atoms with van der Waals surface area (Å²) in [5.41, 5.74) is -0.197. The average molecular weight is 550 g/mol. The van der Waals surface area contributed by atoms with Gasteiger partial charge in [0.2, 0.25) is 5.95 Å². The highest BCUT2D eigenvalue weighted by molar-refractivity contribution is 5.99. The maximum Gasteiger partial charge on any atom is 0.405 e. The summed E-state index contributed by atoms with van der Waals surface area (Å²) in [5, 5.41) is 11.0. The Morgan fingerprint density at radius 1 is 1.08 bits per heavy atom. The Balaban J connectivity index is 1.67. The Labute approximate surface area is 221 Å². The molecular formula is C26H28F5N7O. The Kier molecular flexibility index (Phi) is 7.48. The molecule has 1 amide bonds. The number of aromatic nitrogens is 3. The van der Waals surface area contributed by atoms with E-state index in [9.17, 15) is 26.7 Å². The Morgan fingerprint density at radius 3 is 2.51 bits per heavy atom. The lowest BCUT2D eigenvalue weighted by atomic mass is 9.85. The zero-order valence-corrected chi connectivity index (χ0v) is 21.7. The fourth-order valence-corrected chi connectivity index (χ4v) is 4.25. The van der Waals surface area contributed by atoms with E-state index in [0.717, 1.165) is 50.2 Å². The van der Waals surface area contributed by atoms with Crippen molar-refractivity contribution in [3.63, 3.8) is 0 Å². The minimum atomic E-state index is -4.64. The second-order valence-corrected chi connectivity index (χ2v) is 10.2. The van der Waals surface area contributed by atoms with Crippen LogP contribution in [0.15, 0.2) is 36.5 Å². The molecule has 4 N–H and O–H groups in total. The van der Waals surface area contributed by atoms with Gasteiger partial charge in [-0.3, -0.25) is 4.79 Å². The molecule has 0 bridgehead atoms. The first-order valence-corrected chi connectivity index (χ1v) is 12.1. The van der Waals surface area contributed by atoms with E-state index in [1.807, 2.05) is 18.2 Å². The van der Waals surface area contributed by atoms with E-state index in [1.54, 1.807) is 5.32 Å². The van der Waals surface area contributed by atoms with Gasteiger partial charge in [0.05, 0.1) is 0 Å². The van der Waals surface area contributed by atoms with Gasteiger partial charge in [0.15, 0.2) is 0 Å². The van der Waals surface area contributed by atoms with E-state index >= 15 is 0 Å². The molecule has 0 spiro atoms. The molecule has 8 nitrogen and oxygen atoms in total. The lowest BCUT2D eigenvalue weighted by molar-refractivity contribution is -0.123. The Morgan fingerprint density at radius 2 is 1.82 bits per heavy atom. The van der Waals surface area contributed by atoms with Gasteiger partial charge in [-0.1, -0.05) is 6.07 Å². The molecule has 0 radical (unpaired) electrons. The summed E-state index contributed by atoms with van der Waals surface area (Å²) >= 11 is 0. The zero-order valence-electron chi connectivity index (χ0n) is 21.7. The van der Waals surface area contributed by atoms with Gasteiger partial charge in [-0.05, 0) is 76.1 Å². The van der Waals surface area contributed by atoms with Gasteiger partial charge in [0.1, 0.15) is 40.9 Å². The van der Waals surface area contributed by atoms with Crippen molar-refractivity contribution in [2.24, 2.45) is 0 Å². The molecule has 1 aromatic carbocycles. The molecule has 2 aromatic heterocycles. The van der Waals surface area contributed by atoms with Crippen LogP contribution in [0.1, 0.15) is 54.9 Å². The van der Waals surface area contributed by atoms with E-state index in [1.165, 1.54) is 6.07 Å². The highest BCUT2D eigenvalue weighted by atomic mass is 19.4. The standard InChI is InChI=1S/C26H28F5N7O/c1-24(2,28)20-18(27)7-8-19(36-20)37-21-16(22(39)33-13-26(29,30)31)12-32-23(38-21)35-15-5-6-17-14(11-15)9-10-34-25(17,3)4/h5-8,11-12,34H,9-10,13H2,1-4H3,(H,33,39)(H2,32,35,36,37,38). The number of fused-ring (bicyclic) bond motifs is 1. The van der Waals surface area contributed by atoms with Crippen LogP contribution in [0.3, 0.4) is 0 Å². The van der Waals surface area contributed by atoms with Crippen LogP contribution < -0.4 is 21.3 Å². The largest absolute Gasteiger partial charge is 0.405 e. The maximum absolute atomic E-state index is 14.5. The summed E-state index contributed by atoms with van der Waals surface area (Å²) in [7, 11) is 0. The number of anilines is 4. The fraction of sp³-hybridized carbons (Fsp3) is 0.385. The van der Waals surface area contributed by atoms with Crippen molar-refractivity contribution in [3.8, 4) is 0 Å². The predicted octanol–water partition coefficient (Wildman–Crippen LogP) is 5.38. The van der Waals surface area contributed by atoms with Gasteiger partial charge in [-0.15, -0.1) is 0 Å². The third-order valence-corrected chi connectivity index (χ3v) is 6.13. The quantitative estimate of drug-likeness (QED) is 0.294. The van der Waals surface area contributed by atoms with E-state index in [0.29, 0.717) is 5.69 Å². The van der Waals surface area contributed by atoms with E-state index in [4.69, 9.17) is 0 Å². The molecule has 0 aliphatic carbocycles. The molecular weight excluding hydrogens is 521 g/mol. The van der Waals surface area contributed by atoms with Crippen LogP contribution in [0.2, 0.25) is 0 Å². The van der Waals surface area contributed by atoms with E-state index < -0.39 is 35.8 Å². The zero-order chi connectivity index (χ0) is 28.6. The minimum Gasteiger partial charge on any atom is -0.343 e. The molecule has 0 fully saturated rings. The van der Waals surface area contributed by atoms with Crippen molar-refractivity contribution in [1.82, 2.24) is 25.6 Å². The first kappa shape index (κ1) is 28.1. The second-order valence-electron chi connectivity index (χ2n) is 10.2. The number of nitrogens with one attached hydrogen (secondary N) is 4. The molecule has 3 heterocycles. The third kappa shape index (κ3) is 6.77. The monoisotopic (exact) mass is 549 g/mol. The van der Waals surface area contributed by atoms with Crippen molar-refractivity contribution in [2.45, 2.75) is 51.5 Å². The van der Waals surface area contributed by atoms with Crippen molar-refractivity contribution in [3.05, 3.63) is 64.7 Å². The van der Waals surface area contributed by atoms with Crippen LogP contribution in [0.5, 0.6) is 0 Å². The molecule has 0 atom stereocenters. The predicted molar refractivity (Wildman–Crippen MR) is 136 cm³/mol. The molecule has 1 aliphatic heterocycles. The van der Waals surface area contributed by atoms with Crippen LogP contribution in [0.25, 0.3) is 0 Å². The van der Waals surface area contributed by atoms with Gasteiger partial charge in [0, 0.05) is 17.4 Å². The Bertz CT molecular complexity index is 1390. The first-order chi connectivity index (χ1) is 18.1. The number of carbonyl (C=O) groups excluding carboxylic acids is 1. The van der Waals surface area contributed by atoms with Gasteiger partial charge in [-0.2, -0.15) is 18.2 Å². The summed E-state index contributed by atoms with van der Waals surface area (Å²) in [6.45, 7) is 5.65. The number of amides is 1. The fourth-order valence-electron chi connectivity index (χ4n) is 4.25. The highest BCUT2D eigenvalue weighted by Gasteiger charge is 2.30. The van der Waals surface area contributed by atoms with Crippen LogP contribution in [0, 0.1) is 5.82 Å². The summed E-state index contributed by atoms with van der Waals surface area (Å²) in [5.74, 6) is -2.23. The van der Waals surface area contributed by atoms with Crippen LogP contribution in [0.4, 0.5) is 45.2 Å². The summed E-state index contributed by atoms with van der Waals surface area (Å²) in [4.78, 5) is 24.9. The number of alkyl halides is 4. The molecule has 4 rings (SSSR count). The van der Waals surface area contributed by atoms with Gasteiger partial charge in [-0.25, -0.2) is 18.7 Å². The highest BCUT2D eigenvalue weighted by Crippen LogP contribution is 2.31. The maximum atomic E-state index is 14.5. The number of hydrogen-bond donors (Lipinski definition) is 4. The molecule has 39 heavy (non-hydrogen) atoms. The molecule has 0 saturated heterocycles. The Hall–Kier alpha value is -3.87. The van der Waals surface area contributed by atoms with Crippen LogP contribution in [-0.2, 0) is 17.6 Å². The van der Waals surface area contributed by atoms with Crippen LogP contribution >= 0.6 is 0 Å². The van der Waals surface area contributed by atoms with Crippen LogP contribution in [-0.4, -0.2) is 40.1 Å². The van der Waals surface area contributed by atoms with Gasteiger partial charge in [0.25, 0.3) is 5.91 Å². The number of halogens is 5. The van der Waals surface area contributed by atoms with Gasteiger partial charge < -0.3 is 21.3 Å². The van der Waals surface area contributed by atoms with Crippen molar-refractivity contribution in [1.29, 1.82) is 0 Å². The van der Waals surface area contributed by atoms with Gasteiger partial charge >= 0.3 is 6.18 Å². The first-order valence-electron chi connectivity index (χ1n) is 12.1. The molecule has 13 heteroatoms.